The predicted octanol–water partition coefficient (Wildman–Crippen LogP) is 1.99. The highest BCUT2D eigenvalue weighted by Crippen LogP contribution is 2.06. The van der Waals surface area contributed by atoms with E-state index in [1.54, 1.807) is 0 Å². The van der Waals surface area contributed by atoms with Crippen LogP contribution in [0.1, 0.15) is 12.7 Å². The van der Waals surface area contributed by atoms with Crippen LogP contribution in [0.5, 0.6) is 0 Å². The molecule has 0 aliphatic carbocycles. The summed E-state index contributed by atoms with van der Waals surface area (Å²) in [4.78, 5) is 11.5. The van der Waals surface area contributed by atoms with E-state index in [2.05, 4.69) is 0 Å². The average molecular weight is 189 g/mol. The Hall–Kier alpha value is -1.77. The molecule has 0 atom stereocenters. The van der Waals surface area contributed by atoms with Gasteiger partial charge in [0, 0.05) is 12.5 Å². The lowest BCUT2D eigenvalue weighted by atomic mass is 10.3. The molecule has 2 aromatic rings. The summed E-state index contributed by atoms with van der Waals surface area (Å²) >= 11 is 0. The molecule has 0 aliphatic heterocycles. The average Bonchev–Trinajstić information content (AvgIpc) is 2.61. The van der Waals surface area contributed by atoms with Gasteiger partial charge in [0.25, 0.3) is 5.56 Å². The van der Waals surface area contributed by atoms with Crippen molar-refractivity contribution in [2.24, 2.45) is 0 Å². The third-order valence-corrected chi connectivity index (χ3v) is 2.03. The molecule has 0 fully saturated rings. The van der Waals surface area contributed by atoms with Gasteiger partial charge in [0.05, 0.1) is 5.69 Å². The zero-order valence-electron chi connectivity index (χ0n) is 7.93. The van der Waals surface area contributed by atoms with Crippen LogP contribution >= 0.6 is 0 Å². The number of para-hydroxylation sites is 1. The van der Waals surface area contributed by atoms with Crippen LogP contribution in [-0.2, 0) is 6.42 Å². The van der Waals surface area contributed by atoms with Crippen molar-refractivity contribution < 1.29 is 4.52 Å². The molecule has 1 heterocycles. The fraction of sp³-hybridized carbons (Fsp3) is 0.182. The molecule has 0 spiro atoms. The summed E-state index contributed by atoms with van der Waals surface area (Å²) in [7, 11) is 0. The van der Waals surface area contributed by atoms with Gasteiger partial charge in [0.1, 0.15) is 5.76 Å². The standard InChI is InChI=1S/C11H11NO2/c1-2-10-8-11(13)12(14-10)9-6-4-3-5-7-9/h3-8H,2H2,1H3. The molecule has 0 saturated carbocycles. The van der Waals surface area contributed by atoms with Gasteiger partial charge in [-0.25, -0.2) is 0 Å². The molecule has 1 aromatic heterocycles. The lowest BCUT2D eigenvalue weighted by Gasteiger charge is -1.97. The van der Waals surface area contributed by atoms with E-state index in [1.165, 1.54) is 10.8 Å². The molecule has 0 bridgehead atoms. The second-order valence-corrected chi connectivity index (χ2v) is 3.02. The SMILES string of the molecule is CCc1cc(=O)n(-c2ccccc2)o1. The van der Waals surface area contributed by atoms with Gasteiger partial charge >= 0.3 is 0 Å². The predicted molar refractivity (Wildman–Crippen MR) is 53.7 cm³/mol. The van der Waals surface area contributed by atoms with Gasteiger partial charge in [0.2, 0.25) is 0 Å². The molecule has 72 valence electrons. The van der Waals surface area contributed by atoms with Crippen molar-refractivity contribution in [2.45, 2.75) is 13.3 Å². The van der Waals surface area contributed by atoms with E-state index in [9.17, 15) is 4.79 Å². The highest BCUT2D eigenvalue weighted by atomic mass is 16.5. The number of benzene rings is 1. The second kappa shape index (κ2) is 3.54. The summed E-state index contributed by atoms with van der Waals surface area (Å²) in [6.45, 7) is 1.95. The molecular weight excluding hydrogens is 178 g/mol. The third kappa shape index (κ3) is 1.48. The molecule has 0 radical (unpaired) electrons. The summed E-state index contributed by atoms with van der Waals surface area (Å²) in [6, 6.07) is 10.8. The zero-order valence-corrected chi connectivity index (χ0v) is 7.93. The Morgan fingerprint density at radius 1 is 1.29 bits per heavy atom. The van der Waals surface area contributed by atoms with Crippen LogP contribution in [0.25, 0.3) is 5.69 Å². The van der Waals surface area contributed by atoms with E-state index >= 15 is 0 Å². The van der Waals surface area contributed by atoms with Gasteiger partial charge < -0.3 is 4.52 Å². The normalized spacial score (nSPS) is 10.4. The fourth-order valence-corrected chi connectivity index (χ4v) is 1.29. The van der Waals surface area contributed by atoms with Gasteiger partial charge in [0.15, 0.2) is 0 Å². The number of aromatic nitrogens is 1. The maximum Gasteiger partial charge on any atom is 0.287 e. The van der Waals surface area contributed by atoms with Crippen molar-refractivity contribution in [2.75, 3.05) is 0 Å². The van der Waals surface area contributed by atoms with Crippen LogP contribution < -0.4 is 5.56 Å². The summed E-state index contributed by atoms with van der Waals surface area (Å²) < 4.78 is 6.66. The van der Waals surface area contributed by atoms with Gasteiger partial charge in [-0.2, -0.15) is 0 Å². The number of nitrogens with zero attached hydrogens (tertiary/aromatic N) is 1. The second-order valence-electron chi connectivity index (χ2n) is 3.02. The van der Waals surface area contributed by atoms with Crippen LogP contribution in [0, 0.1) is 0 Å². The van der Waals surface area contributed by atoms with Crippen LogP contribution in [0.15, 0.2) is 45.7 Å². The smallest absolute Gasteiger partial charge is 0.287 e. The third-order valence-electron chi connectivity index (χ3n) is 2.03. The molecule has 0 aliphatic rings. The number of hydrogen-bond acceptors (Lipinski definition) is 2. The van der Waals surface area contributed by atoms with E-state index in [1.807, 2.05) is 37.3 Å². The Bertz CT molecular complexity index is 468. The van der Waals surface area contributed by atoms with Gasteiger partial charge in [-0.3, -0.25) is 4.79 Å². The van der Waals surface area contributed by atoms with Crippen LogP contribution in [-0.4, -0.2) is 4.74 Å². The first kappa shape index (κ1) is 8.81. The Kier molecular flexibility index (Phi) is 2.23. The molecule has 3 heteroatoms. The minimum Gasteiger partial charge on any atom is -0.376 e. The minimum atomic E-state index is -0.118. The topological polar surface area (TPSA) is 35.1 Å². The number of aryl methyl sites for hydroxylation is 1. The van der Waals surface area contributed by atoms with Crippen LogP contribution in [0.4, 0.5) is 0 Å². The fourth-order valence-electron chi connectivity index (χ4n) is 1.29. The van der Waals surface area contributed by atoms with E-state index in [4.69, 9.17) is 4.52 Å². The van der Waals surface area contributed by atoms with Crippen molar-refractivity contribution in [1.29, 1.82) is 0 Å². The maximum absolute atomic E-state index is 11.5. The molecule has 0 N–H and O–H groups in total. The molecular formula is C11H11NO2. The summed E-state index contributed by atoms with van der Waals surface area (Å²) in [5.41, 5.74) is 0.644. The first-order valence-corrected chi connectivity index (χ1v) is 4.59. The van der Waals surface area contributed by atoms with Crippen molar-refractivity contribution in [3.8, 4) is 5.69 Å². The molecule has 0 unspecified atom stereocenters. The van der Waals surface area contributed by atoms with Crippen LogP contribution in [0.2, 0.25) is 0 Å². The molecule has 0 amide bonds. The van der Waals surface area contributed by atoms with Crippen LogP contribution in [0.3, 0.4) is 0 Å². The van der Waals surface area contributed by atoms with Crippen molar-refractivity contribution >= 4 is 0 Å². The Morgan fingerprint density at radius 3 is 2.57 bits per heavy atom. The Balaban J connectivity index is 2.52. The molecule has 3 nitrogen and oxygen atoms in total. The summed E-state index contributed by atoms with van der Waals surface area (Å²) in [5, 5.41) is 0. The summed E-state index contributed by atoms with van der Waals surface area (Å²) in [6.07, 6.45) is 0.731. The molecule has 0 saturated heterocycles. The van der Waals surface area contributed by atoms with Gasteiger partial charge in [-0.1, -0.05) is 25.1 Å². The molecule has 2 rings (SSSR count). The van der Waals surface area contributed by atoms with Gasteiger partial charge in [-0.15, -0.1) is 4.74 Å². The number of hydrogen-bond donors (Lipinski definition) is 0. The van der Waals surface area contributed by atoms with E-state index in [0.29, 0.717) is 5.76 Å². The quantitative estimate of drug-likeness (QED) is 0.724. The monoisotopic (exact) mass is 189 g/mol. The summed E-state index contributed by atoms with van der Waals surface area (Å²) in [5.74, 6) is 0.707. The van der Waals surface area contributed by atoms with Crippen molar-refractivity contribution in [1.82, 2.24) is 4.74 Å². The molecule has 14 heavy (non-hydrogen) atoms. The maximum atomic E-state index is 11.5. The van der Waals surface area contributed by atoms with E-state index < -0.39 is 0 Å². The zero-order chi connectivity index (χ0) is 9.97. The minimum absolute atomic E-state index is 0.118. The lowest BCUT2D eigenvalue weighted by Crippen LogP contribution is -2.10. The highest BCUT2D eigenvalue weighted by molar-refractivity contribution is 5.29. The van der Waals surface area contributed by atoms with E-state index in [-0.39, 0.29) is 5.56 Å². The number of rotatable bonds is 2. The molecule has 1 aromatic carbocycles. The first-order valence-electron chi connectivity index (χ1n) is 4.59. The largest absolute Gasteiger partial charge is 0.376 e. The first-order chi connectivity index (χ1) is 6.81. The van der Waals surface area contributed by atoms with Crippen molar-refractivity contribution in [3.05, 3.63) is 52.5 Å². The highest BCUT2D eigenvalue weighted by Gasteiger charge is 2.05. The Labute approximate surface area is 81.6 Å². The Morgan fingerprint density at radius 2 is 2.00 bits per heavy atom. The van der Waals surface area contributed by atoms with E-state index in [0.717, 1.165) is 12.1 Å². The van der Waals surface area contributed by atoms with Crippen molar-refractivity contribution in [3.63, 3.8) is 0 Å². The lowest BCUT2D eigenvalue weighted by molar-refractivity contribution is 0.315. The van der Waals surface area contributed by atoms with Gasteiger partial charge in [-0.05, 0) is 12.1 Å².